The van der Waals surface area contributed by atoms with Crippen LogP contribution in [0.15, 0.2) is 60.0 Å². The molecular weight excluding hydrogens is 384 g/mol. The molecule has 138 valence electrons. The fourth-order valence-corrected chi connectivity index (χ4v) is 3.57. The Morgan fingerprint density at radius 3 is 2.59 bits per heavy atom. The molecule has 3 aromatic rings. The Morgan fingerprint density at radius 2 is 1.85 bits per heavy atom. The van der Waals surface area contributed by atoms with Crippen molar-refractivity contribution < 1.29 is 14.3 Å². The van der Waals surface area contributed by atoms with E-state index in [1.807, 2.05) is 55.5 Å². The molecule has 0 bridgehead atoms. The van der Waals surface area contributed by atoms with E-state index < -0.39 is 11.9 Å². The number of carbonyl (C=O) groups excluding carboxylic acids is 2. The van der Waals surface area contributed by atoms with Gasteiger partial charge in [0.05, 0.1) is 6.04 Å². The van der Waals surface area contributed by atoms with Gasteiger partial charge in [-0.25, -0.2) is 9.78 Å². The van der Waals surface area contributed by atoms with E-state index in [0.29, 0.717) is 5.02 Å². The number of carbonyl (C=O) groups is 2. The molecule has 1 N–H and O–H groups in total. The molecule has 1 atom stereocenters. The van der Waals surface area contributed by atoms with E-state index in [9.17, 15) is 9.59 Å². The van der Waals surface area contributed by atoms with Crippen molar-refractivity contribution in [2.24, 2.45) is 0 Å². The minimum absolute atomic E-state index is 0.186. The van der Waals surface area contributed by atoms with Gasteiger partial charge in [0.15, 0.2) is 12.3 Å². The van der Waals surface area contributed by atoms with Gasteiger partial charge in [0.2, 0.25) is 0 Å². The molecule has 0 saturated carbocycles. The Kier molecular flexibility index (Phi) is 6.21. The second-order valence-electron chi connectivity index (χ2n) is 5.79. The molecule has 27 heavy (non-hydrogen) atoms. The second-order valence-corrected chi connectivity index (χ2v) is 7.06. The predicted molar refractivity (Wildman–Crippen MR) is 106 cm³/mol. The standard InChI is InChI=1S/C20H17ClN2O3S/c1-13(15-9-5-6-10-16(15)21)22-18(24)11-26-20(25)17-12-27-19(23-17)14-7-3-2-4-8-14/h2-10,12-13H,11H2,1H3,(H,22,24)/t13-/m1/s1. The molecule has 5 nitrogen and oxygen atoms in total. The number of benzene rings is 2. The van der Waals surface area contributed by atoms with Gasteiger partial charge in [-0.15, -0.1) is 11.3 Å². The van der Waals surface area contributed by atoms with E-state index >= 15 is 0 Å². The molecule has 0 aliphatic heterocycles. The molecule has 0 radical (unpaired) electrons. The van der Waals surface area contributed by atoms with E-state index in [1.54, 1.807) is 11.4 Å². The molecule has 0 aliphatic carbocycles. The van der Waals surface area contributed by atoms with Crippen molar-refractivity contribution in [1.82, 2.24) is 10.3 Å². The fraction of sp³-hybridized carbons (Fsp3) is 0.150. The van der Waals surface area contributed by atoms with Crippen molar-refractivity contribution in [2.45, 2.75) is 13.0 Å². The zero-order valence-corrected chi connectivity index (χ0v) is 16.1. The number of esters is 1. The van der Waals surface area contributed by atoms with Crippen LogP contribution in [0.3, 0.4) is 0 Å². The van der Waals surface area contributed by atoms with Crippen molar-refractivity contribution in [3.05, 3.63) is 76.3 Å². The van der Waals surface area contributed by atoms with Gasteiger partial charge in [0.25, 0.3) is 5.91 Å². The molecule has 1 amide bonds. The highest BCUT2D eigenvalue weighted by atomic mass is 35.5. The summed E-state index contributed by atoms with van der Waals surface area (Å²) in [7, 11) is 0. The quantitative estimate of drug-likeness (QED) is 0.618. The summed E-state index contributed by atoms with van der Waals surface area (Å²) in [6.45, 7) is 1.43. The van der Waals surface area contributed by atoms with Crippen molar-refractivity contribution >= 4 is 34.8 Å². The Balaban J connectivity index is 1.54. The third kappa shape index (κ3) is 4.93. The van der Waals surface area contributed by atoms with Crippen molar-refractivity contribution in [3.63, 3.8) is 0 Å². The van der Waals surface area contributed by atoms with Crippen LogP contribution < -0.4 is 5.32 Å². The van der Waals surface area contributed by atoms with Gasteiger partial charge in [-0.05, 0) is 18.6 Å². The summed E-state index contributed by atoms with van der Waals surface area (Å²) in [5.41, 5.74) is 1.91. The van der Waals surface area contributed by atoms with E-state index in [2.05, 4.69) is 10.3 Å². The second kappa shape index (κ2) is 8.79. The monoisotopic (exact) mass is 400 g/mol. The molecular formula is C20H17ClN2O3S. The molecule has 0 unspecified atom stereocenters. The zero-order chi connectivity index (χ0) is 19.2. The summed E-state index contributed by atoms with van der Waals surface area (Å²) in [5, 5.41) is 5.67. The Morgan fingerprint density at radius 1 is 1.15 bits per heavy atom. The number of nitrogens with zero attached hydrogens (tertiary/aromatic N) is 1. The first-order chi connectivity index (χ1) is 13.0. The third-order valence-corrected chi connectivity index (χ3v) is 5.05. The number of amides is 1. The van der Waals surface area contributed by atoms with Crippen LogP contribution in [0, 0.1) is 0 Å². The van der Waals surface area contributed by atoms with Crippen LogP contribution in [0.2, 0.25) is 5.02 Å². The lowest BCUT2D eigenvalue weighted by Gasteiger charge is -2.15. The van der Waals surface area contributed by atoms with E-state index in [4.69, 9.17) is 16.3 Å². The molecule has 7 heteroatoms. The number of hydrogen-bond acceptors (Lipinski definition) is 5. The zero-order valence-electron chi connectivity index (χ0n) is 14.5. The summed E-state index contributed by atoms with van der Waals surface area (Å²) in [5.74, 6) is -1.04. The molecule has 3 rings (SSSR count). The van der Waals surface area contributed by atoms with Gasteiger partial charge in [0.1, 0.15) is 5.01 Å². The number of hydrogen-bond donors (Lipinski definition) is 1. The van der Waals surface area contributed by atoms with Gasteiger partial charge in [-0.3, -0.25) is 4.79 Å². The molecule has 1 heterocycles. The minimum atomic E-state index is -0.631. The molecule has 2 aromatic carbocycles. The first-order valence-electron chi connectivity index (χ1n) is 8.26. The lowest BCUT2D eigenvalue weighted by Crippen LogP contribution is -2.31. The topological polar surface area (TPSA) is 68.3 Å². The van der Waals surface area contributed by atoms with E-state index in [-0.39, 0.29) is 18.3 Å². The van der Waals surface area contributed by atoms with E-state index in [1.165, 1.54) is 11.3 Å². The Bertz CT molecular complexity index is 943. The summed E-state index contributed by atoms with van der Waals surface area (Å²) < 4.78 is 5.07. The van der Waals surface area contributed by atoms with Gasteiger partial charge >= 0.3 is 5.97 Å². The highest BCUT2D eigenvalue weighted by Gasteiger charge is 2.17. The number of ether oxygens (including phenoxy) is 1. The average Bonchev–Trinajstić information content (AvgIpc) is 3.17. The lowest BCUT2D eigenvalue weighted by atomic mass is 10.1. The summed E-state index contributed by atoms with van der Waals surface area (Å²) >= 11 is 7.47. The van der Waals surface area contributed by atoms with Crippen molar-refractivity contribution in [1.29, 1.82) is 0 Å². The Hall–Kier alpha value is -2.70. The summed E-state index contributed by atoms with van der Waals surface area (Å²) in [6, 6.07) is 16.5. The molecule has 0 spiro atoms. The normalized spacial score (nSPS) is 11.6. The number of aromatic nitrogens is 1. The number of thiazole rings is 1. The average molecular weight is 401 g/mol. The van der Waals surface area contributed by atoms with Crippen LogP contribution in [0.4, 0.5) is 0 Å². The third-order valence-electron chi connectivity index (χ3n) is 3.82. The number of rotatable bonds is 6. The fourth-order valence-electron chi connectivity index (χ4n) is 2.47. The highest BCUT2D eigenvalue weighted by molar-refractivity contribution is 7.13. The Labute approximate surface area is 166 Å². The number of halogens is 1. The molecule has 1 aromatic heterocycles. The molecule has 0 saturated heterocycles. The maximum atomic E-state index is 12.1. The maximum absolute atomic E-state index is 12.1. The van der Waals surface area contributed by atoms with Gasteiger partial charge in [-0.1, -0.05) is 60.1 Å². The molecule has 0 fully saturated rings. The van der Waals surface area contributed by atoms with Crippen LogP contribution in [-0.2, 0) is 9.53 Å². The van der Waals surface area contributed by atoms with Gasteiger partial charge < -0.3 is 10.1 Å². The minimum Gasteiger partial charge on any atom is -0.451 e. The summed E-state index contributed by atoms with van der Waals surface area (Å²) in [6.07, 6.45) is 0. The first-order valence-corrected chi connectivity index (χ1v) is 9.52. The largest absolute Gasteiger partial charge is 0.451 e. The van der Waals surface area contributed by atoms with Gasteiger partial charge in [-0.2, -0.15) is 0 Å². The van der Waals surface area contributed by atoms with Crippen molar-refractivity contribution in [2.75, 3.05) is 6.61 Å². The van der Waals surface area contributed by atoms with Crippen LogP contribution in [0.25, 0.3) is 10.6 Å². The van der Waals surface area contributed by atoms with E-state index in [0.717, 1.165) is 16.1 Å². The van der Waals surface area contributed by atoms with Crippen LogP contribution in [-0.4, -0.2) is 23.5 Å². The SMILES string of the molecule is C[C@@H](NC(=O)COC(=O)c1csc(-c2ccccc2)n1)c1ccccc1Cl. The number of nitrogens with one attached hydrogen (secondary N) is 1. The highest BCUT2D eigenvalue weighted by Crippen LogP contribution is 2.24. The first kappa shape index (κ1) is 19.1. The van der Waals surface area contributed by atoms with Gasteiger partial charge in [0, 0.05) is 16.0 Å². The van der Waals surface area contributed by atoms with Crippen LogP contribution in [0.1, 0.15) is 29.0 Å². The lowest BCUT2D eigenvalue weighted by molar-refractivity contribution is -0.124. The predicted octanol–water partition coefficient (Wildman–Crippen LogP) is 4.50. The molecule has 0 aliphatic rings. The summed E-state index contributed by atoms with van der Waals surface area (Å²) in [4.78, 5) is 28.4. The van der Waals surface area contributed by atoms with Crippen molar-refractivity contribution in [3.8, 4) is 10.6 Å². The van der Waals surface area contributed by atoms with Crippen LogP contribution >= 0.6 is 22.9 Å². The maximum Gasteiger partial charge on any atom is 0.358 e. The van der Waals surface area contributed by atoms with Crippen LogP contribution in [0.5, 0.6) is 0 Å². The smallest absolute Gasteiger partial charge is 0.358 e.